The highest BCUT2D eigenvalue weighted by atomic mass is 79.9. The van der Waals surface area contributed by atoms with E-state index in [1.165, 1.54) is 0 Å². The van der Waals surface area contributed by atoms with Gasteiger partial charge in [-0.25, -0.2) is 0 Å². The van der Waals surface area contributed by atoms with Gasteiger partial charge >= 0.3 is 0 Å². The molecular formula is C13H17BrN2O3. The van der Waals surface area contributed by atoms with Crippen LogP contribution in [0.4, 0.5) is 0 Å². The Morgan fingerprint density at radius 3 is 2.68 bits per heavy atom. The van der Waals surface area contributed by atoms with Crippen molar-refractivity contribution in [3.05, 3.63) is 22.1 Å². The van der Waals surface area contributed by atoms with Gasteiger partial charge in [0.1, 0.15) is 0 Å². The third-order valence-electron chi connectivity index (χ3n) is 3.54. The van der Waals surface area contributed by atoms with Crippen LogP contribution in [-0.2, 0) is 4.79 Å². The Hall–Kier alpha value is -1.30. The lowest BCUT2D eigenvalue weighted by atomic mass is 9.84. The third kappa shape index (κ3) is 3.18. The molecule has 2 amide bonds. The largest absolute Gasteiger partial charge is 0.444 e. The number of halogens is 1. The number of nitrogens with two attached hydrogens (primary N) is 1. The fraction of sp³-hybridized carbons (Fsp3) is 0.538. The Morgan fingerprint density at radius 2 is 2.11 bits per heavy atom. The fourth-order valence-corrected chi connectivity index (χ4v) is 3.05. The van der Waals surface area contributed by atoms with Crippen LogP contribution in [0.3, 0.4) is 0 Å². The van der Waals surface area contributed by atoms with Gasteiger partial charge in [0, 0.05) is 11.6 Å². The van der Waals surface area contributed by atoms with E-state index in [9.17, 15) is 9.59 Å². The minimum Gasteiger partial charge on any atom is -0.444 e. The van der Waals surface area contributed by atoms with Crippen LogP contribution in [-0.4, -0.2) is 17.9 Å². The smallest absolute Gasteiger partial charge is 0.287 e. The number of furan rings is 1. The molecule has 6 heteroatoms. The van der Waals surface area contributed by atoms with Crippen LogP contribution in [0.1, 0.15) is 41.8 Å². The molecule has 2 atom stereocenters. The topological polar surface area (TPSA) is 85.3 Å². The molecule has 1 heterocycles. The maximum atomic E-state index is 12.1. The summed E-state index contributed by atoms with van der Waals surface area (Å²) in [5, 5.41) is 2.87. The number of hydrogen-bond acceptors (Lipinski definition) is 3. The van der Waals surface area contributed by atoms with E-state index >= 15 is 0 Å². The van der Waals surface area contributed by atoms with Gasteiger partial charge in [0.2, 0.25) is 5.91 Å². The van der Waals surface area contributed by atoms with E-state index < -0.39 is 0 Å². The normalized spacial score (nSPS) is 23.1. The van der Waals surface area contributed by atoms with Gasteiger partial charge < -0.3 is 15.5 Å². The second kappa shape index (κ2) is 5.77. The van der Waals surface area contributed by atoms with Crippen LogP contribution in [0, 0.1) is 12.8 Å². The minimum atomic E-state index is -0.345. The summed E-state index contributed by atoms with van der Waals surface area (Å²) in [7, 11) is 0. The molecule has 104 valence electrons. The highest BCUT2D eigenvalue weighted by molar-refractivity contribution is 9.10. The molecule has 3 N–H and O–H groups in total. The Bertz CT molecular complexity index is 498. The molecule has 0 saturated heterocycles. The lowest BCUT2D eigenvalue weighted by molar-refractivity contribution is -0.123. The Balaban J connectivity index is 2.09. The predicted octanol–water partition coefficient (Wildman–Crippen LogP) is 2.12. The van der Waals surface area contributed by atoms with E-state index in [0.717, 1.165) is 31.2 Å². The average Bonchev–Trinajstić information content (AvgIpc) is 2.69. The fourth-order valence-electron chi connectivity index (χ4n) is 2.55. The molecule has 0 radical (unpaired) electrons. The highest BCUT2D eigenvalue weighted by Crippen LogP contribution is 2.25. The van der Waals surface area contributed by atoms with Crippen LogP contribution in [0.25, 0.3) is 0 Å². The molecule has 1 aliphatic carbocycles. The maximum absolute atomic E-state index is 12.1. The van der Waals surface area contributed by atoms with Crippen molar-refractivity contribution in [1.82, 2.24) is 5.32 Å². The van der Waals surface area contributed by atoms with Crippen molar-refractivity contribution < 1.29 is 14.0 Å². The van der Waals surface area contributed by atoms with E-state index in [0.29, 0.717) is 4.67 Å². The number of amides is 2. The molecule has 0 spiro atoms. The van der Waals surface area contributed by atoms with Gasteiger partial charge in [0.25, 0.3) is 5.91 Å². The molecule has 2 unspecified atom stereocenters. The van der Waals surface area contributed by atoms with E-state index in [1.807, 2.05) is 0 Å². The summed E-state index contributed by atoms with van der Waals surface area (Å²) in [6.45, 7) is 1.80. The average molecular weight is 329 g/mol. The van der Waals surface area contributed by atoms with Crippen molar-refractivity contribution in [2.24, 2.45) is 11.7 Å². The lowest BCUT2D eigenvalue weighted by Crippen LogP contribution is -2.47. The van der Waals surface area contributed by atoms with Crippen LogP contribution >= 0.6 is 15.9 Å². The van der Waals surface area contributed by atoms with Crippen LogP contribution in [0.2, 0.25) is 0 Å². The molecule has 5 nitrogen and oxygen atoms in total. The Labute approximate surface area is 120 Å². The molecule has 0 bridgehead atoms. The molecule has 0 aliphatic heterocycles. The number of nitrogens with one attached hydrogen (secondary N) is 1. The quantitative estimate of drug-likeness (QED) is 0.891. The van der Waals surface area contributed by atoms with Crippen LogP contribution in [0.15, 0.2) is 15.2 Å². The zero-order valence-corrected chi connectivity index (χ0v) is 12.3. The zero-order valence-electron chi connectivity index (χ0n) is 10.7. The van der Waals surface area contributed by atoms with Crippen molar-refractivity contribution in [3.8, 4) is 0 Å². The van der Waals surface area contributed by atoms with Gasteiger partial charge in [0.15, 0.2) is 10.4 Å². The number of aryl methyl sites for hydroxylation is 1. The zero-order chi connectivity index (χ0) is 14.0. The third-order valence-corrected chi connectivity index (χ3v) is 3.93. The number of carbonyl (C=O) groups is 2. The molecule has 0 aromatic carbocycles. The molecule has 1 aliphatic rings. The van der Waals surface area contributed by atoms with Gasteiger partial charge in [-0.15, -0.1) is 0 Å². The minimum absolute atomic E-state index is 0.193. The van der Waals surface area contributed by atoms with Gasteiger partial charge in [-0.2, -0.15) is 0 Å². The summed E-state index contributed by atoms with van der Waals surface area (Å²) in [5.41, 5.74) is 6.14. The van der Waals surface area contributed by atoms with Crippen molar-refractivity contribution in [2.75, 3.05) is 0 Å². The van der Waals surface area contributed by atoms with Gasteiger partial charge in [-0.05, 0) is 41.8 Å². The van der Waals surface area contributed by atoms with E-state index in [1.54, 1.807) is 13.0 Å². The molecule has 1 aromatic heterocycles. The summed E-state index contributed by atoms with van der Waals surface area (Å²) in [4.78, 5) is 23.5. The van der Waals surface area contributed by atoms with Gasteiger partial charge in [-0.1, -0.05) is 12.8 Å². The standard InChI is InChI=1S/C13H17BrN2O3/c1-7-6-10(14)19-11(7)13(18)16-9-5-3-2-4-8(9)12(15)17/h6,8-9H,2-5H2,1H3,(H2,15,17)(H,16,18). The molecule has 1 fully saturated rings. The van der Waals surface area contributed by atoms with Crippen LogP contribution in [0.5, 0.6) is 0 Å². The van der Waals surface area contributed by atoms with Crippen LogP contribution < -0.4 is 11.1 Å². The maximum Gasteiger partial charge on any atom is 0.287 e. The number of carbonyl (C=O) groups excluding carboxylic acids is 2. The number of hydrogen-bond donors (Lipinski definition) is 2. The SMILES string of the molecule is Cc1cc(Br)oc1C(=O)NC1CCCCC1C(N)=O. The van der Waals surface area contributed by atoms with E-state index in [2.05, 4.69) is 21.2 Å². The summed E-state index contributed by atoms with van der Waals surface area (Å²) in [6.07, 6.45) is 3.49. The Kier molecular flexibility index (Phi) is 4.29. The predicted molar refractivity (Wildman–Crippen MR) is 73.6 cm³/mol. The Morgan fingerprint density at radius 1 is 1.42 bits per heavy atom. The van der Waals surface area contributed by atoms with Crippen molar-refractivity contribution in [3.63, 3.8) is 0 Å². The van der Waals surface area contributed by atoms with E-state index in [-0.39, 0.29) is 29.5 Å². The molecule has 1 saturated carbocycles. The molecule has 2 rings (SSSR count). The first-order valence-corrected chi connectivity index (χ1v) is 7.14. The molecular weight excluding hydrogens is 312 g/mol. The van der Waals surface area contributed by atoms with Crippen molar-refractivity contribution in [1.29, 1.82) is 0 Å². The first-order valence-electron chi connectivity index (χ1n) is 6.35. The van der Waals surface area contributed by atoms with E-state index in [4.69, 9.17) is 10.2 Å². The summed E-state index contributed by atoms with van der Waals surface area (Å²) >= 11 is 3.19. The second-order valence-corrected chi connectivity index (χ2v) is 5.72. The highest BCUT2D eigenvalue weighted by Gasteiger charge is 2.31. The molecule has 1 aromatic rings. The monoisotopic (exact) mass is 328 g/mol. The first kappa shape index (κ1) is 14.1. The first-order chi connectivity index (χ1) is 8.99. The summed E-state index contributed by atoms with van der Waals surface area (Å²) in [5.74, 6) is -0.638. The lowest BCUT2D eigenvalue weighted by Gasteiger charge is -2.29. The van der Waals surface area contributed by atoms with Crippen molar-refractivity contribution >= 4 is 27.7 Å². The second-order valence-electron chi connectivity index (χ2n) is 4.94. The number of rotatable bonds is 3. The number of primary amides is 1. The summed E-state index contributed by atoms with van der Waals surface area (Å²) in [6, 6.07) is 1.54. The molecule has 19 heavy (non-hydrogen) atoms. The van der Waals surface area contributed by atoms with Crippen molar-refractivity contribution in [2.45, 2.75) is 38.6 Å². The van der Waals surface area contributed by atoms with Gasteiger partial charge in [0.05, 0.1) is 5.92 Å². The summed E-state index contributed by atoms with van der Waals surface area (Å²) < 4.78 is 5.82. The van der Waals surface area contributed by atoms with Gasteiger partial charge in [-0.3, -0.25) is 9.59 Å².